The van der Waals surface area contributed by atoms with E-state index in [2.05, 4.69) is 43.4 Å². The molecular formula is C52H58N7O9P. The molecule has 0 spiro atoms. The third-order valence-electron chi connectivity index (χ3n) is 12.3. The number of morpholine rings is 1. The number of benzene rings is 4. The Kier molecular flexibility index (Phi) is 15.7. The molecule has 17 heteroatoms. The van der Waals surface area contributed by atoms with E-state index < -0.39 is 62.2 Å². The highest BCUT2D eigenvalue weighted by Crippen LogP contribution is 2.58. The zero-order valence-electron chi connectivity index (χ0n) is 39.7. The first-order valence-corrected chi connectivity index (χ1v) is 24.1. The molecule has 4 heterocycles. The predicted octanol–water partition coefficient (Wildman–Crippen LogP) is 8.41. The Morgan fingerprint density at radius 2 is 1.32 bits per heavy atom. The van der Waals surface area contributed by atoms with E-state index >= 15 is 0 Å². The largest absolute Gasteiger partial charge is 0.497 e. The van der Waals surface area contributed by atoms with Gasteiger partial charge in [-0.2, -0.15) is 5.26 Å². The summed E-state index contributed by atoms with van der Waals surface area (Å²) in [6, 6.07) is 37.9. The molecule has 360 valence electrons. The quantitative estimate of drug-likeness (QED) is 0.0414. The highest BCUT2D eigenvalue weighted by molar-refractivity contribution is 7.44. The molecule has 2 aromatic heterocycles. The van der Waals surface area contributed by atoms with Crippen LogP contribution in [0.4, 0.5) is 5.95 Å². The highest BCUT2D eigenvalue weighted by Gasteiger charge is 2.71. The van der Waals surface area contributed by atoms with Crippen LogP contribution in [0.2, 0.25) is 0 Å². The number of nitriles is 1. The van der Waals surface area contributed by atoms with Gasteiger partial charge in [0.15, 0.2) is 18.1 Å². The van der Waals surface area contributed by atoms with Gasteiger partial charge in [-0.15, -0.1) is 0 Å². The summed E-state index contributed by atoms with van der Waals surface area (Å²) in [5, 5.41) is 9.70. The third-order valence-corrected chi connectivity index (χ3v) is 14.4. The van der Waals surface area contributed by atoms with Crippen molar-refractivity contribution in [3.8, 4) is 17.6 Å². The summed E-state index contributed by atoms with van der Waals surface area (Å²) < 4.78 is 51.6. The lowest BCUT2D eigenvalue weighted by molar-refractivity contribution is -0.287. The molecule has 6 aromatic rings. The molecule has 2 aliphatic heterocycles. The minimum Gasteiger partial charge on any atom is -0.497 e. The molecule has 8 rings (SSSR count). The highest BCUT2D eigenvalue weighted by atomic mass is 31.2. The number of fused-ring (bicyclic) bond motifs is 2. The van der Waals surface area contributed by atoms with Gasteiger partial charge < -0.3 is 37.6 Å². The van der Waals surface area contributed by atoms with Crippen molar-refractivity contribution in [3.05, 3.63) is 183 Å². The Hall–Kier alpha value is -6.28. The minimum absolute atomic E-state index is 0.0452. The molecule has 0 amide bonds. The predicted molar refractivity (Wildman–Crippen MR) is 261 cm³/mol. The molecule has 69 heavy (non-hydrogen) atoms. The Bertz CT molecular complexity index is 2660. The van der Waals surface area contributed by atoms with Gasteiger partial charge in [0.25, 0.3) is 14.1 Å². The fourth-order valence-electron chi connectivity index (χ4n) is 9.09. The van der Waals surface area contributed by atoms with Gasteiger partial charge in [-0.3, -0.25) is 14.3 Å². The number of aromatic nitrogens is 4. The number of ether oxygens (including phenoxy) is 5. The van der Waals surface area contributed by atoms with Crippen molar-refractivity contribution in [1.29, 1.82) is 5.26 Å². The van der Waals surface area contributed by atoms with Crippen LogP contribution in [-0.4, -0.2) is 87.7 Å². The number of anilines is 1. The number of aromatic amines is 1. The van der Waals surface area contributed by atoms with Gasteiger partial charge in [-0.25, -0.2) is 19.4 Å². The Morgan fingerprint density at radius 1 is 0.797 bits per heavy atom. The monoisotopic (exact) mass is 955 g/mol. The van der Waals surface area contributed by atoms with Crippen LogP contribution in [0.3, 0.4) is 0 Å². The molecular weight excluding hydrogens is 898 g/mol. The number of methoxy groups -OCH3 is 2. The average Bonchev–Trinajstić information content (AvgIpc) is 3.85. The van der Waals surface area contributed by atoms with Crippen molar-refractivity contribution in [2.45, 2.75) is 95.6 Å². The summed E-state index contributed by atoms with van der Waals surface area (Å²) in [4.78, 5) is 41.0. The number of hydrogen-bond donors (Lipinski definition) is 1. The van der Waals surface area contributed by atoms with Crippen LogP contribution < -0.4 is 25.6 Å². The molecule has 0 saturated carbocycles. The number of aryl methyl sites for hydroxylation is 1. The van der Waals surface area contributed by atoms with E-state index in [1.165, 1.54) is 10.8 Å². The van der Waals surface area contributed by atoms with E-state index in [1.54, 1.807) is 39.6 Å². The number of nitrogens with zero attached hydrogens (tertiary/aromatic N) is 6. The lowest BCUT2D eigenvalue weighted by atomic mass is 9.95. The molecule has 2 bridgehead atoms. The van der Waals surface area contributed by atoms with Gasteiger partial charge in [-0.1, -0.05) is 84.9 Å². The molecule has 2 aliphatic rings. The lowest BCUT2D eigenvalue weighted by Gasteiger charge is -2.44. The summed E-state index contributed by atoms with van der Waals surface area (Å²) in [5.74, 6) is 1.67. The summed E-state index contributed by atoms with van der Waals surface area (Å²) in [7, 11) is 1.27. The average molecular weight is 956 g/mol. The van der Waals surface area contributed by atoms with Crippen LogP contribution in [0.25, 0.3) is 0 Å². The maximum absolute atomic E-state index is 14.2. The van der Waals surface area contributed by atoms with Crippen molar-refractivity contribution < 1.29 is 32.7 Å². The van der Waals surface area contributed by atoms with Crippen molar-refractivity contribution in [2.75, 3.05) is 32.3 Å². The maximum Gasteiger partial charge on any atom is 0.330 e. The third kappa shape index (κ3) is 10.5. The fraction of sp³-hybridized carbons (Fsp3) is 0.365. The molecule has 16 nitrogen and oxygen atoms in total. The fourth-order valence-corrected chi connectivity index (χ4v) is 10.9. The second-order valence-corrected chi connectivity index (χ2v) is 18.8. The van der Waals surface area contributed by atoms with Crippen molar-refractivity contribution in [3.63, 3.8) is 0 Å². The summed E-state index contributed by atoms with van der Waals surface area (Å²) in [5.41, 5.74) is 0.648. The van der Waals surface area contributed by atoms with Gasteiger partial charge in [0.1, 0.15) is 35.9 Å². The number of hydrogen-bond acceptors (Lipinski definition) is 14. The van der Waals surface area contributed by atoms with Crippen molar-refractivity contribution in [2.24, 2.45) is 0 Å². The van der Waals surface area contributed by atoms with Gasteiger partial charge in [0.05, 0.1) is 39.9 Å². The summed E-state index contributed by atoms with van der Waals surface area (Å²) >= 11 is 0. The van der Waals surface area contributed by atoms with Gasteiger partial charge in [-0.05, 0) is 87.2 Å². The van der Waals surface area contributed by atoms with Crippen LogP contribution in [0, 0.1) is 18.3 Å². The maximum atomic E-state index is 14.2. The lowest BCUT2D eigenvalue weighted by Crippen LogP contribution is -2.57. The molecule has 4 aromatic carbocycles. The molecule has 2 saturated heterocycles. The van der Waals surface area contributed by atoms with Gasteiger partial charge in [0.2, 0.25) is 5.95 Å². The second kappa shape index (κ2) is 22.0. The Labute approximate surface area is 403 Å². The van der Waals surface area contributed by atoms with Crippen LogP contribution in [0.15, 0.2) is 143 Å². The van der Waals surface area contributed by atoms with Gasteiger partial charge in [0, 0.05) is 36.2 Å². The second-order valence-electron chi connectivity index (χ2n) is 17.4. The zero-order valence-corrected chi connectivity index (χ0v) is 40.6. The molecule has 6 unspecified atom stereocenters. The van der Waals surface area contributed by atoms with Crippen molar-refractivity contribution >= 4 is 14.5 Å². The van der Waals surface area contributed by atoms with Crippen LogP contribution in [0.1, 0.15) is 80.4 Å². The number of rotatable bonds is 21. The molecule has 7 atom stereocenters. The summed E-state index contributed by atoms with van der Waals surface area (Å²) in [6.07, 6.45) is -0.148. The van der Waals surface area contributed by atoms with Crippen LogP contribution in [-0.2, 0) is 23.3 Å². The van der Waals surface area contributed by atoms with E-state index in [9.17, 15) is 14.9 Å². The van der Waals surface area contributed by atoms with E-state index in [4.69, 9.17) is 42.7 Å². The first-order valence-electron chi connectivity index (χ1n) is 22.9. The zero-order chi connectivity index (χ0) is 48.7. The molecule has 0 radical (unpaired) electrons. The molecule has 2 fully saturated rings. The molecule has 0 aliphatic carbocycles. The minimum atomic E-state index is -1.97. The van der Waals surface area contributed by atoms with E-state index in [-0.39, 0.29) is 31.7 Å². The van der Waals surface area contributed by atoms with E-state index in [0.717, 1.165) is 22.3 Å². The summed E-state index contributed by atoms with van der Waals surface area (Å²) in [6.45, 7) is 10.0. The topological polar surface area (TPSA) is 176 Å². The smallest absolute Gasteiger partial charge is 0.330 e. The Balaban J connectivity index is 1.40. The molecule has 1 N–H and O–H groups in total. The van der Waals surface area contributed by atoms with Crippen LogP contribution >= 0.6 is 8.53 Å². The van der Waals surface area contributed by atoms with Gasteiger partial charge >= 0.3 is 5.69 Å². The van der Waals surface area contributed by atoms with E-state index in [1.807, 2.05) is 114 Å². The normalized spacial score (nSPS) is 20.5. The SMILES string of the molecule is COc1ccc(C(OC(OC(c2ccccc2)c2ccc(OC)cc2)C23CN(c4ncccn4)C(C(n4cc(C)c(=O)[nH]c4=O)O2)C3O[P@@](OCCC#N)N(C(C)C)C(C)C)c2ccccc2)cc1. The van der Waals surface area contributed by atoms with Crippen LogP contribution in [0.5, 0.6) is 11.5 Å². The Morgan fingerprint density at radius 3 is 1.81 bits per heavy atom. The number of nitrogens with one attached hydrogen (secondary N) is 1. The first kappa shape index (κ1) is 49.2. The standard InChI is InChI=1S/C52H58N7O9P/c1-34(2)59(35(3)4)69(64-31-14-28-53)68-46-43-48(57-32-36(5)47(60)56-51(57)61)67-52(46,33-58(43)50-54-29-15-30-55-50)49(65-44(37-16-10-8-11-17-37)39-20-24-41(62-6)25-21-39)66-45(38-18-12-9-13-19-38)40-22-26-42(63-7)27-23-40/h8-13,15-27,29-30,32,34-35,43-46,48-49H,14,31,33H2,1-7H3,(H,56,60,61)/t43?,44?,45?,46?,48?,49?,52?,69-/m1/s1. The van der Waals surface area contributed by atoms with E-state index in [0.29, 0.717) is 23.0 Å². The first-order chi connectivity index (χ1) is 33.5. The van der Waals surface area contributed by atoms with Crippen molar-refractivity contribution in [1.82, 2.24) is 24.2 Å². The number of H-pyrrole nitrogens is 1.